The number of fused-ring (bicyclic) bond motifs is 1. The lowest BCUT2D eigenvalue weighted by molar-refractivity contribution is -0.139. The van der Waals surface area contributed by atoms with Gasteiger partial charge in [0.2, 0.25) is 5.91 Å². The normalized spacial score (nSPS) is 15.7. The molecular formula is C25H27F3N2O4. The fraction of sp³-hybridized carbons (Fsp3) is 0.440. The van der Waals surface area contributed by atoms with E-state index in [9.17, 15) is 22.8 Å². The van der Waals surface area contributed by atoms with E-state index in [1.807, 2.05) is 6.07 Å². The molecule has 4 rings (SSSR count). The molecule has 1 saturated carbocycles. The van der Waals surface area contributed by atoms with Crippen LogP contribution in [-0.4, -0.2) is 36.6 Å². The second kappa shape index (κ2) is 10.0. The first kappa shape index (κ1) is 24.1. The summed E-state index contributed by atoms with van der Waals surface area (Å²) in [6.07, 6.45) is -1.23. The van der Waals surface area contributed by atoms with Crippen molar-refractivity contribution in [3.05, 3.63) is 58.7 Å². The van der Waals surface area contributed by atoms with Gasteiger partial charge < -0.3 is 20.1 Å². The second-order valence-corrected chi connectivity index (χ2v) is 8.74. The molecular weight excluding hydrogens is 449 g/mol. The van der Waals surface area contributed by atoms with Crippen LogP contribution in [0.3, 0.4) is 0 Å². The van der Waals surface area contributed by atoms with Gasteiger partial charge >= 0.3 is 12.1 Å². The highest BCUT2D eigenvalue weighted by Crippen LogP contribution is 2.43. The van der Waals surface area contributed by atoms with Crippen LogP contribution in [0.15, 0.2) is 36.4 Å². The van der Waals surface area contributed by atoms with Crippen LogP contribution in [0.25, 0.3) is 0 Å². The minimum absolute atomic E-state index is 0.0429. The number of carbonyl (C=O) groups excluding carboxylic acids is 1. The maximum atomic E-state index is 13.4. The van der Waals surface area contributed by atoms with Crippen LogP contribution >= 0.6 is 0 Å². The average molecular weight is 476 g/mol. The van der Waals surface area contributed by atoms with Gasteiger partial charge in [0, 0.05) is 18.8 Å². The Morgan fingerprint density at radius 3 is 2.62 bits per heavy atom. The van der Waals surface area contributed by atoms with Crippen LogP contribution in [0.5, 0.6) is 5.75 Å². The number of carbonyl (C=O) groups is 2. The van der Waals surface area contributed by atoms with Gasteiger partial charge in [0.25, 0.3) is 0 Å². The molecule has 2 aromatic carbocycles. The summed E-state index contributed by atoms with van der Waals surface area (Å²) in [5.74, 6) is -0.503. The zero-order valence-electron chi connectivity index (χ0n) is 18.7. The van der Waals surface area contributed by atoms with E-state index < -0.39 is 17.7 Å². The molecule has 1 aliphatic heterocycles. The van der Waals surface area contributed by atoms with Crippen molar-refractivity contribution in [2.24, 2.45) is 0 Å². The minimum Gasteiger partial charge on any atom is -0.489 e. The molecule has 9 heteroatoms. The van der Waals surface area contributed by atoms with Crippen molar-refractivity contribution in [1.29, 1.82) is 0 Å². The largest absolute Gasteiger partial charge is 0.489 e. The van der Waals surface area contributed by atoms with Crippen molar-refractivity contribution in [2.75, 3.05) is 24.5 Å². The molecule has 182 valence electrons. The molecule has 0 saturated heterocycles. The lowest BCUT2D eigenvalue weighted by Gasteiger charge is -2.29. The van der Waals surface area contributed by atoms with Crippen LogP contribution in [0.2, 0.25) is 0 Å². The number of carboxylic acid groups (broad SMARTS) is 1. The van der Waals surface area contributed by atoms with Gasteiger partial charge in [-0.3, -0.25) is 9.59 Å². The van der Waals surface area contributed by atoms with E-state index in [1.165, 1.54) is 6.07 Å². The number of alkyl halides is 3. The number of anilines is 1. The van der Waals surface area contributed by atoms with E-state index in [2.05, 4.69) is 5.32 Å². The SMILES string of the molecule is O=C(O)CCNCC(=O)N1CCc2cc(OCc3ccc(C(F)(F)F)c(C4CCC4)c3)ccc21. The fourth-order valence-electron chi connectivity index (χ4n) is 4.40. The van der Waals surface area contributed by atoms with Gasteiger partial charge in [0.1, 0.15) is 12.4 Å². The second-order valence-electron chi connectivity index (χ2n) is 8.74. The van der Waals surface area contributed by atoms with E-state index in [0.717, 1.165) is 36.6 Å². The average Bonchev–Trinajstić information content (AvgIpc) is 3.16. The predicted molar refractivity (Wildman–Crippen MR) is 120 cm³/mol. The molecule has 1 amide bonds. The zero-order valence-corrected chi connectivity index (χ0v) is 18.7. The number of ether oxygens (including phenoxy) is 1. The topological polar surface area (TPSA) is 78.9 Å². The lowest BCUT2D eigenvalue weighted by Crippen LogP contribution is -2.37. The van der Waals surface area contributed by atoms with Gasteiger partial charge in [-0.15, -0.1) is 0 Å². The highest BCUT2D eigenvalue weighted by atomic mass is 19.4. The summed E-state index contributed by atoms with van der Waals surface area (Å²) < 4.78 is 46.1. The summed E-state index contributed by atoms with van der Waals surface area (Å²) in [4.78, 5) is 24.7. The summed E-state index contributed by atoms with van der Waals surface area (Å²) in [5, 5.41) is 11.5. The van der Waals surface area contributed by atoms with Crippen LogP contribution in [-0.2, 0) is 28.8 Å². The third kappa shape index (κ3) is 5.52. The first-order valence-corrected chi connectivity index (χ1v) is 11.4. The maximum Gasteiger partial charge on any atom is 0.416 e. The highest BCUT2D eigenvalue weighted by molar-refractivity contribution is 5.96. The van der Waals surface area contributed by atoms with Gasteiger partial charge in [0.15, 0.2) is 0 Å². The summed E-state index contributed by atoms with van der Waals surface area (Å²) in [5.41, 5.74) is 2.25. The number of nitrogens with zero attached hydrogens (tertiary/aromatic N) is 1. The quantitative estimate of drug-likeness (QED) is 0.521. The van der Waals surface area contributed by atoms with E-state index in [4.69, 9.17) is 9.84 Å². The Morgan fingerprint density at radius 2 is 1.94 bits per heavy atom. The van der Waals surface area contributed by atoms with Crippen molar-refractivity contribution < 1.29 is 32.6 Å². The number of amides is 1. The molecule has 2 N–H and O–H groups in total. The Bertz CT molecular complexity index is 1070. The van der Waals surface area contributed by atoms with Gasteiger partial charge in [-0.2, -0.15) is 13.2 Å². The van der Waals surface area contributed by atoms with E-state index in [0.29, 0.717) is 29.8 Å². The molecule has 2 aliphatic rings. The number of aliphatic carboxylic acids is 1. The molecule has 1 heterocycles. The Balaban J connectivity index is 1.38. The minimum atomic E-state index is -4.36. The summed E-state index contributed by atoms with van der Waals surface area (Å²) >= 11 is 0. The Labute approximate surface area is 195 Å². The molecule has 0 spiro atoms. The molecule has 0 bridgehead atoms. The monoisotopic (exact) mass is 476 g/mol. The molecule has 34 heavy (non-hydrogen) atoms. The Hall–Kier alpha value is -3.07. The highest BCUT2D eigenvalue weighted by Gasteiger charge is 2.36. The number of halogens is 3. The van der Waals surface area contributed by atoms with Crippen molar-refractivity contribution in [3.8, 4) is 5.75 Å². The van der Waals surface area contributed by atoms with E-state index in [-0.39, 0.29) is 37.9 Å². The van der Waals surface area contributed by atoms with E-state index in [1.54, 1.807) is 23.1 Å². The number of carboxylic acids is 1. The third-order valence-electron chi connectivity index (χ3n) is 6.41. The number of benzene rings is 2. The van der Waals surface area contributed by atoms with E-state index >= 15 is 0 Å². The molecule has 6 nitrogen and oxygen atoms in total. The predicted octanol–water partition coefficient (Wildman–Crippen LogP) is 4.51. The van der Waals surface area contributed by atoms with Crippen LogP contribution in [0.4, 0.5) is 18.9 Å². The molecule has 0 radical (unpaired) electrons. The maximum absolute atomic E-state index is 13.4. The number of hydrogen-bond acceptors (Lipinski definition) is 4. The van der Waals surface area contributed by atoms with Crippen LogP contribution in [0, 0.1) is 0 Å². The summed E-state index contributed by atoms with van der Waals surface area (Å²) in [7, 11) is 0. The van der Waals surface area contributed by atoms with Crippen molar-refractivity contribution in [1.82, 2.24) is 5.32 Å². The first-order valence-electron chi connectivity index (χ1n) is 11.4. The fourth-order valence-corrected chi connectivity index (χ4v) is 4.40. The third-order valence-corrected chi connectivity index (χ3v) is 6.41. The van der Waals surface area contributed by atoms with Crippen LogP contribution in [0.1, 0.15) is 53.9 Å². The lowest BCUT2D eigenvalue weighted by atomic mass is 9.77. The van der Waals surface area contributed by atoms with Gasteiger partial charge in [-0.25, -0.2) is 0 Å². The number of hydrogen-bond donors (Lipinski definition) is 2. The molecule has 2 aromatic rings. The molecule has 0 unspecified atom stereocenters. The summed E-state index contributed by atoms with van der Waals surface area (Å²) in [6, 6.07) is 9.66. The van der Waals surface area contributed by atoms with Gasteiger partial charge in [0.05, 0.1) is 18.5 Å². The molecule has 0 aromatic heterocycles. The molecule has 1 fully saturated rings. The van der Waals surface area contributed by atoms with Crippen LogP contribution < -0.4 is 15.0 Å². The Kier molecular flexibility index (Phi) is 7.11. The first-order chi connectivity index (χ1) is 16.2. The van der Waals surface area contributed by atoms with Gasteiger partial charge in [-0.1, -0.05) is 18.6 Å². The molecule has 1 aliphatic carbocycles. The van der Waals surface area contributed by atoms with Crippen molar-refractivity contribution in [2.45, 2.75) is 50.8 Å². The van der Waals surface area contributed by atoms with Crippen molar-refractivity contribution >= 4 is 17.6 Å². The number of rotatable bonds is 9. The zero-order chi connectivity index (χ0) is 24.3. The Morgan fingerprint density at radius 1 is 1.15 bits per heavy atom. The number of nitrogens with one attached hydrogen (secondary N) is 1. The molecule has 0 atom stereocenters. The summed E-state index contributed by atoms with van der Waals surface area (Å²) in [6.45, 7) is 0.970. The smallest absolute Gasteiger partial charge is 0.416 e. The van der Waals surface area contributed by atoms with Crippen molar-refractivity contribution in [3.63, 3.8) is 0 Å². The standard InChI is InChI=1S/C25H27F3N2O4/c26-25(27,28)21-6-4-16(12-20(21)17-2-1-3-17)15-34-19-5-7-22-18(13-19)9-11-30(22)23(31)14-29-10-8-24(32)33/h4-7,12-13,17,29H,1-3,8-11,14-15H2,(H,32,33). The van der Waals surface area contributed by atoms with Gasteiger partial charge in [-0.05, 0) is 66.1 Å².